The minimum absolute atomic E-state index is 0.288. The fourth-order valence-electron chi connectivity index (χ4n) is 2.03. The highest BCUT2D eigenvalue weighted by molar-refractivity contribution is 5.69. The van der Waals surface area contributed by atoms with E-state index >= 15 is 0 Å². The summed E-state index contributed by atoms with van der Waals surface area (Å²) < 4.78 is 5.35. The molecule has 94 valence electrons. The van der Waals surface area contributed by atoms with Crippen molar-refractivity contribution < 1.29 is 14.6 Å². The molecule has 0 radical (unpaired) electrons. The molecule has 1 atom stereocenters. The van der Waals surface area contributed by atoms with Crippen LogP contribution in [0.2, 0.25) is 0 Å². The molecule has 0 bridgehead atoms. The van der Waals surface area contributed by atoms with Crippen LogP contribution in [-0.2, 0) is 4.74 Å². The molecule has 4 heteroatoms. The van der Waals surface area contributed by atoms with Crippen LogP contribution in [0.4, 0.5) is 4.79 Å². The van der Waals surface area contributed by atoms with E-state index in [9.17, 15) is 9.90 Å². The molecule has 1 aliphatic heterocycles. The molecule has 1 amide bonds. The Hall–Kier alpha value is -0.770. The van der Waals surface area contributed by atoms with Gasteiger partial charge in [0, 0.05) is 12.1 Å². The van der Waals surface area contributed by atoms with Gasteiger partial charge in [-0.1, -0.05) is 0 Å². The van der Waals surface area contributed by atoms with Crippen LogP contribution in [0.25, 0.3) is 0 Å². The normalized spacial score (nSPS) is 25.4. The van der Waals surface area contributed by atoms with Crippen LogP contribution < -0.4 is 0 Å². The van der Waals surface area contributed by atoms with Crippen LogP contribution in [0.1, 0.15) is 47.5 Å². The van der Waals surface area contributed by atoms with E-state index in [0.717, 1.165) is 0 Å². The summed E-state index contributed by atoms with van der Waals surface area (Å²) in [6.45, 7) is 10.0. The molecule has 1 heterocycles. The summed E-state index contributed by atoms with van der Waals surface area (Å²) in [6.07, 6.45) is 0.632. The van der Waals surface area contributed by atoms with Crippen molar-refractivity contribution in [3.63, 3.8) is 0 Å². The summed E-state index contributed by atoms with van der Waals surface area (Å²) in [6, 6.07) is 0. The zero-order chi connectivity index (χ0) is 12.6. The van der Waals surface area contributed by atoms with Gasteiger partial charge in [0.2, 0.25) is 0 Å². The van der Waals surface area contributed by atoms with Crippen molar-refractivity contribution in [3.8, 4) is 0 Å². The van der Waals surface area contributed by atoms with Crippen molar-refractivity contribution in [1.29, 1.82) is 0 Å². The highest BCUT2D eigenvalue weighted by Crippen LogP contribution is 2.29. The van der Waals surface area contributed by atoms with Crippen molar-refractivity contribution in [2.45, 2.75) is 64.7 Å². The van der Waals surface area contributed by atoms with E-state index in [1.807, 2.05) is 34.6 Å². The van der Waals surface area contributed by atoms with E-state index in [1.165, 1.54) is 0 Å². The lowest BCUT2D eigenvalue weighted by Crippen LogP contribution is -2.55. The van der Waals surface area contributed by atoms with Crippen LogP contribution in [0.5, 0.6) is 0 Å². The fraction of sp³-hybridized carbons (Fsp3) is 0.917. The molecule has 0 aliphatic carbocycles. The number of carbonyl (C=O) groups excluding carboxylic acids is 1. The lowest BCUT2D eigenvalue weighted by atomic mass is 9.89. The minimum atomic E-state index is -0.469. The van der Waals surface area contributed by atoms with Gasteiger partial charge >= 0.3 is 6.09 Å². The highest BCUT2D eigenvalue weighted by atomic mass is 16.6. The van der Waals surface area contributed by atoms with Gasteiger partial charge in [0.05, 0.1) is 6.10 Å². The number of hydrogen-bond donors (Lipinski definition) is 1. The topological polar surface area (TPSA) is 49.8 Å². The van der Waals surface area contributed by atoms with Crippen molar-refractivity contribution in [3.05, 3.63) is 0 Å². The Labute approximate surface area is 97.6 Å². The number of likely N-dealkylation sites (tertiary alicyclic amines) is 1. The Morgan fingerprint density at radius 2 is 2.00 bits per heavy atom. The first kappa shape index (κ1) is 13.3. The molecule has 1 fully saturated rings. The second kappa shape index (κ2) is 4.24. The van der Waals surface area contributed by atoms with E-state index in [1.54, 1.807) is 4.90 Å². The minimum Gasteiger partial charge on any atom is -0.444 e. The number of amides is 1. The second-order valence-corrected chi connectivity index (χ2v) is 6.09. The van der Waals surface area contributed by atoms with Gasteiger partial charge in [-0.05, 0) is 47.5 Å². The maximum absolute atomic E-state index is 12.0. The van der Waals surface area contributed by atoms with Crippen LogP contribution in [0.3, 0.4) is 0 Å². The van der Waals surface area contributed by atoms with Gasteiger partial charge in [0.1, 0.15) is 5.60 Å². The number of nitrogens with zero attached hydrogens (tertiary/aromatic N) is 1. The van der Waals surface area contributed by atoms with E-state index < -0.39 is 5.60 Å². The van der Waals surface area contributed by atoms with Gasteiger partial charge in [-0.2, -0.15) is 0 Å². The molecule has 1 N–H and O–H groups in total. The zero-order valence-electron chi connectivity index (χ0n) is 10.9. The molecule has 1 unspecified atom stereocenters. The van der Waals surface area contributed by atoms with E-state index in [2.05, 4.69) is 0 Å². The molecular weight excluding hydrogens is 206 g/mol. The Morgan fingerprint density at radius 3 is 2.44 bits per heavy atom. The average molecular weight is 229 g/mol. The van der Waals surface area contributed by atoms with Crippen LogP contribution in [0.15, 0.2) is 0 Å². The van der Waals surface area contributed by atoms with Gasteiger partial charge in [-0.3, -0.25) is 0 Å². The number of rotatable bonds is 0. The SMILES string of the molecule is CC(C)(C)OC(=O)N1CCC(O)CC1(C)C. The summed E-state index contributed by atoms with van der Waals surface area (Å²) >= 11 is 0. The second-order valence-electron chi connectivity index (χ2n) is 6.09. The van der Waals surface area contributed by atoms with Gasteiger partial charge in [0.25, 0.3) is 0 Å². The largest absolute Gasteiger partial charge is 0.444 e. The van der Waals surface area contributed by atoms with Crippen molar-refractivity contribution in [2.75, 3.05) is 6.54 Å². The maximum atomic E-state index is 12.0. The average Bonchev–Trinajstić information content (AvgIpc) is 1.97. The fourth-order valence-corrected chi connectivity index (χ4v) is 2.03. The Kier molecular flexibility index (Phi) is 3.53. The lowest BCUT2D eigenvalue weighted by Gasteiger charge is -2.44. The number of ether oxygens (including phenoxy) is 1. The molecule has 1 saturated heterocycles. The summed E-state index contributed by atoms with van der Waals surface area (Å²) in [5.74, 6) is 0. The lowest BCUT2D eigenvalue weighted by molar-refractivity contribution is -0.0309. The zero-order valence-corrected chi connectivity index (χ0v) is 10.9. The van der Waals surface area contributed by atoms with Crippen LogP contribution in [-0.4, -0.2) is 39.9 Å². The number of aliphatic hydroxyl groups excluding tert-OH is 1. The monoisotopic (exact) mass is 229 g/mol. The molecule has 4 nitrogen and oxygen atoms in total. The Bertz CT molecular complexity index is 268. The summed E-state index contributed by atoms with van der Waals surface area (Å²) in [7, 11) is 0. The molecule has 0 aromatic carbocycles. The first-order valence-electron chi connectivity index (χ1n) is 5.80. The molecule has 0 aromatic heterocycles. The first-order chi connectivity index (χ1) is 7.12. The van der Waals surface area contributed by atoms with Gasteiger partial charge in [0.15, 0.2) is 0 Å². The van der Waals surface area contributed by atoms with Crippen LogP contribution in [0, 0.1) is 0 Å². The first-order valence-corrected chi connectivity index (χ1v) is 5.80. The summed E-state index contributed by atoms with van der Waals surface area (Å²) in [5.41, 5.74) is -0.802. The van der Waals surface area contributed by atoms with Crippen molar-refractivity contribution in [2.24, 2.45) is 0 Å². The third-order valence-electron chi connectivity index (χ3n) is 2.77. The van der Waals surface area contributed by atoms with Gasteiger partial charge in [-0.15, -0.1) is 0 Å². The maximum Gasteiger partial charge on any atom is 0.410 e. The van der Waals surface area contributed by atoms with Gasteiger partial charge < -0.3 is 14.7 Å². The third kappa shape index (κ3) is 3.37. The molecule has 1 aliphatic rings. The number of carbonyl (C=O) groups is 1. The molecule has 0 spiro atoms. The van der Waals surface area contributed by atoms with E-state index in [0.29, 0.717) is 19.4 Å². The quantitative estimate of drug-likeness (QED) is 0.692. The van der Waals surface area contributed by atoms with E-state index in [-0.39, 0.29) is 17.7 Å². The van der Waals surface area contributed by atoms with Crippen molar-refractivity contribution >= 4 is 6.09 Å². The summed E-state index contributed by atoms with van der Waals surface area (Å²) in [5, 5.41) is 9.60. The number of aliphatic hydroxyl groups is 1. The van der Waals surface area contributed by atoms with E-state index in [4.69, 9.17) is 4.74 Å². The predicted molar refractivity (Wildman–Crippen MR) is 62.3 cm³/mol. The molecule has 0 aromatic rings. The molecule has 16 heavy (non-hydrogen) atoms. The summed E-state index contributed by atoms with van der Waals surface area (Å²) in [4.78, 5) is 13.7. The predicted octanol–water partition coefficient (Wildman–Crippen LogP) is 2.16. The number of hydrogen-bond acceptors (Lipinski definition) is 3. The molecular formula is C12H23NO3. The number of piperidine rings is 1. The Balaban J connectivity index is 2.69. The standard InChI is InChI=1S/C12H23NO3/c1-11(2,3)16-10(15)13-7-6-9(14)8-12(13,4)5/h9,14H,6-8H2,1-5H3. The molecule has 0 saturated carbocycles. The van der Waals surface area contributed by atoms with Gasteiger partial charge in [-0.25, -0.2) is 4.79 Å². The van der Waals surface area contributed by atoms with Crippen LogP contribution >= 0.6 is 0 Å². The Morgan fingerprint density at radius 1 is 1.44 bits per heavy atom. The smallest absolute Gasteiger partial charge is 0.410 e. The third-order valence-corrected chi connectivity index (χ3v) is 2.77. The molecule has 1 rings (SSSR count). The van der Waals surface area contributed by atoms with Crippen molar-refractivity contribution in [1.82, 2.24) is 4.90 Å². The highest BCUT2D eigenvalue weighted by Gasteiger charge is 2.38.